The van der Waals surface area contributed by atoms with Crippen LogP contribution < -0.4 is 5.32 Å². The summed E-state index contributed by atoms with van der Waals surface area (Å²) in [6.07, 6.45) is -0.00111. The Morgan fingerprint density at radius 2 is 1.73 bits per heavy atom. The Bertz CT molecular complexity index is 594. The molecule has 116 valence electrons. The molecule has 0 saturated heterocycles. The summed E-state index contributed by atoms with van der Waals surface area (Å²) in [6, 6.07) is 17.7. The van der Waals surface area contributed by atoms with Gasteiger partial charge in [-0.15, -0.1) is 0 Å². The van der Waals surface area contributed by atoms with E-state index in [1.165, 1.54) is 4.90 Å². The zero-order chi connectivity index (χ0) is 15.9. The smallest absolute Gasteiger partial charge is 0.321 e. The Balaban J connectivity index is 1.90. The van der Waals surface area contributed by atoms with Gasteiger partial charge >= 0.3 is 6.03 Å². The van der Waals surface area contributed by atoms with Gasteiger partial charge in [-0.05, 0) is 30.2 Å². The highest BCUT2D eigenvalue weighted by Gasteiger charge is 2.08. The summed E-state index contributed by atoms with van der Waals surface area (Å²) in [7, 11) is 3.42. The van der Waals surface area contributed by atoms with Crippen molar-refractivity contribution in [2.75, 3.05) is 19.4 Å². The molecule has 0 aliphatic heterocycles. The molecule has 1 N–H and O–H groups in total. The second-order valence-corrected chi connectivity index (χ2v) is 5.39. The fraction of sp³-hybridized carbons (Fsp3) is 0.278. The lowest BCUT2D eigenvalue weighted by Crippen LogP contribution is -2.27. The fourth-order valence-electron chi connectivity index (χ4n) is 1.96. The van der Waals surface area contributed by atoms with Crippen molar-refractivity contribution < 1.29 is 9.53 Å². The number of ether oxygens (including phenoxy) is 1. The largest absolute Gasteiger partial charge is 0.369 e. The van der Waals surface area contributed by atoms with Gasteiger partial charge in [0.1, 0.15) is 0 Å². The van der Waals surface area contributed by atoms with Gasteiger partial charge in [-0.2, -0.15) is 0 Å². The van der Waals surface area contributed by atoms with Gasteiger partial charge in [-0.1, -0.05) is 42.5 Å². The molecule has 1 unspecified atom stereocenters. The molecule has 1 atom stereocenters. The monoisotopic (exact) mass is 298 g/mol. The lowest BCUT2D eigenvalue weighted by atomic mass is 10.1. The number of nitrogens with zero attached hydrogens (tertiary/aromatic N) is 1. The molecule has 2 aromatic carbocycles. The van der Waals surface area contributed by atoms with Gasteiger partial charge in [0.15, 0.2) is 0 Å². The number of amides is 2. The molecule has 0 spiro atoms. The van der Waals surface area contributed by atoms with E-state index in [2.05, 4.69) is 5.32 Å². The second-order valence-electron chi connectivity index (χ2n) is 5.39. The van der Waals surface area contributed by atoms with Crippen LogP contribution in [0.3, 0.4) is 0 Å². The van der Waals surface area contributed by atoms with E-state index in [9.17, 15) is 4.79 Å². The van der Waals surface area contributed by atoms with Crippen molar-refractivity contribution in [1.29, 1.82) is 0 Å². The molecule has 2 amide bonds. The third-order valence-corrected chi connectivity index (χ3v) is 3.38. The first-order chi connectivity index (χ1) is 10.6. The quantitative estimate of drug-likeness (QED) is 0.904. The van der Waals surface area contributed by atoms with Gasteiger partial charge in [-0.3, -0.25) is 0 Å². The molecule has 0 aliphatic carbocycles. The van der Waals surface area contributed by atoms with E-state index in [0.29, 0.717) is 6.61 Å². The van der Waals surface area contributed by atoms with Crippen LogP contribution >= 0.6 is 0 Å². The average molecular weight is 298 g/mol. The normalized spacial score (nSPS) is 11.8. The van der Waals surface area contributed by atoms with Crippen LogP contribution in [0.15, 0.2) is 54.6 Å². The van der Waals surface area contributed by atoms with Crippen molar-refractivity contribution in [2.24, 2.45) is 0 Å². The van der Waals surface area contributed by atoms with E-state index in [4.69, 9.17) is 4.74 Å². The standard InChI is InChI=1S/C18H22N2O2/c1-14(22-13-15-7-5-4-6-8-15)16-9-11-17(12-10-16)19-18(21)20(2)3/h4-12,14H,13H2,1-3H3,(H,19,21). The lowest BCUT2D eigenvalue weighted by Gasteiger charge is -2.15. The highest BCUT2D eigenvalue weighted by molar-refractivity contribution is 5.88. The third-order valence-electron chi connectivity index (χ3n) is 3.38. The maximum Gasteiger partial charge on any atom is 0.321 e. The average Bonchev–Trinajstić information content (AvgIpc) is 2.54. The number of nitrogens with one attached hydrogen (secondary N) is 1. The van der Waals surface area contributed by atoms with E-state index >= 15 is 0 Å². The van der Waals surface area contributed by atoms with Gasteiger partial charge in [0.2, 0.25) is 0 Å². The zero-order valence-electron chi connectivity index (χ0n) is 13.2. The Kier molecular flexibility index (Phi) is 5.55. The number of hydrogen-bond donors (Lipinski definition) is 1. The second kappa shape index (κ2) is 7.61. The van der Waals surface area contributed by atoms with Gasteiger partial charge in [0, 0.05) is 19.8 Å². The summed E-state index contributed by atoms with van der Waals surface area (Å²) in [4.78, 5) is 13.1. The molecule has 0 fully saturated rings. The van der Waals surface area contributed by atoms with Crippen molar-refractivity contribution in [2.45, 2.75) is 19.6 Å². The van der Waals surface area contributed by atoms with Crippen molar-refractivity contribution >= 4 is 11.7 Å². The van der Waals surface area contributed by atoms with Gasteiger partial charge < -0.3 is 15.0 Å². The molecule has 4 nitrogen and oxygen atoms in total. The lowest BCUT2D eigenvalue weighted by molar-refractivity contribution is 0.0526. The highest BCUT2D eigenvalue weighted by Crippen LogP contribution is 2.20. The van der Waals surface area contributed by atoms with Gasteiger partial charge in [0.05, 0.1) is 12.7 Å². The third kappa shape index (κ3) is 4.60. The summed E-state index contributed by atoms with van der Waals surface area (Å²) in [6.45, 7) is 2.61. The number of rotatable bonds is 5. The molecule has 0 aromatic heterocycles. The maximum absolute atomic E-state index is 11.6. The molecule has 0 saturated carbocycles. The van der Waals surface area contributed by atoms with E-state index in [1.807, 2.05) is 61.5 Å². The highest BCUT2D eigenvalue weighted by atomic mass is 16.5. The summed E-state index contributed by atoms with van der Waals surface area (Å²) < 4.78 is 5.88. The Morgan fingerprint density at radius 3 is 2.32 bits per heavy atom. The van der Waals surface area contributed by atoms with E-state index < -0.39 is 0 Å². The van der Waals surface area contributed by atoms with Crippen LogP contribution in [0.25, 0.3) is 0 Å². The number of benzene rings is 2. The maximum atomic E-state index is 11.6. The fourth-order valence-corrected chi connectivity index (χ4v) is 1.96. The van der Waals surface area contributed by atoms with Gasteiger partial charge in [-0.25, -0.2) is 4.79 Å². The van der Waals surface area contributed by atoms with Crippen LogP contribution in [-0.4, -0.2) is 25.0 Å². The van der Waals surface area contributed by atoms with E-state index in [-0.39, 0.29) is 12.1 Å². The molecule has 0 radical (unpaired) electrons. The minimum Gasteiger partial charge on any atom is -0.369 e. The summed E-state index contributed by atoms with van der Waals surface area (Å²) >= 11 is 0. The van der Waals surface area contributed by atoms with Gasteiger partial charge in [0.25, 0.3) is 0 Å². The van der Waals surface area contributed by atoms with Crippen LogP contribution in [0.1, 0.15) is 24.2 Å². The first kappa shape index (κ1) is 16.0. The van der Waals surface area contributed by atoms with E-state index in [1.54, 1.807) is 14.1 Å². The predicted octanol–water partition coefficient (Wildman–Crippen LogP) is 4.06. The summed E-state index contributed by atoms with van der Waals surface area (Å²) in [5.41, 5.74) is 3.01. The Labute approximate surface area is 131 Å². The molecule has 0 aliphatic rings. The predicted molar refractivity (Wildman–Crippen MR) is 88.8 cm³/mol. The molecule has 4 heteroatoms. The van der Waals surface area contributed by atoms with Crippen molar-refractivity contribution in [3.8, 4) is 0 Å². The van der Waals surface area contributed by atoms with Crippen LogP contribution in [-0.2, 0) is 11.3 Å². The molecular weight excluding hydrogens is 276 g/mol. The first-order valence-electron chi connectivity index (χ1n) is 7.30. The van der Waals surface area contributed by atoms with Crippen molar-refractivity contribution in [3.63, 3.8) is 0 Å². The Hall–Kier alpha value is -2.33. The first-order valence-corrected chi connectivity index (χ1v) is 7.30. The topological polar surface area (TPSA) is 41.6 Å². The zero-order valence-corrected chi connectivity index (χ0v) is 13.2. The minimum absolute atomic E-state index is 0.00111. The molecule has 0 heterocycles. The van der Waals surface area contributed by atoms with Crippen LogP contribution in [0, 0.1) is 0 Å². The number of carbonyl (C=O) groups is 1. The summed E-state index contributed by atoms with van der Waals surface area (Å²) in [5, 5.41) is 2.81. The van der Waals surface area contributed by atoms with Crippen LogP contribution in [0.2, 0.25) is 0 Å². The summed E-state index contributed by atoms with van der Waals surface area (Å²) in [5.74, 6) is 0. The number of carbonyl (C=O) groups excluding carboxylic acids is 1. The van der Waals surface area contributed by atoms with Crippen molar-refractivity contribution in [1.82, 2.24) is 4.90 Å². The number of anilines is 1. The molecular formula is C18H22N2O2. The molecule has 2 aromatic rings. The van der Waals surface area contributed by atoms with Crippen LogP contribution in [0.5, 0.6) is 0 Å². The Morgan fingerprint density at radius 1 is 1.09 bits per heavy atom. The molecule has 22 heavy (non-hydrogen) atoms. The molecule has 2 rings (SSSR count). The SMILES string of the molecule is CC(OCc1ccccc1)c1ccc(NC(=O)N(C)C)cc1. The van der Waals surface area contributed by atoms with Crippen LogP contribution in [0.4, 0.5) is 10.5 Å². The number of urea groups is 1. The number of hydrogen-bond acceptors (Lipinski definition) is 2. The van der Waals surface area contributed by atoms with E-state index in [0.717, 1.165) is 16.8 Å². The van der Waals surface area contributed by atoms with Crippen molar-refractivity contribution in [3.05, 3.63) is 65.7 Å². The minimum atomic E-state index is -0.138. The molecule has 0 bridgehead atoms.